The fourth-order valence-electron chi connectivity index (χ4n) is 3.22. The van der Waals surface area contributed by atoms with Gasteiger partial charge in [0.25, 0.3) is 0 Å². The van der Waals surface area contributed by atoms with Crippen LogP contribution < -0.4 is 0 Å². The average Bonchev–Trinajstić information content (AvgIpc) is 3.04. The van der Waals surface area contributed by atoms with Gasteiger partial charge in [-0.15, -0.1) is 6.58 Å². The second-order valence-corrected chi connectivity index (χ2v) is 6.57. The summed E-state index contributed by atoms with van der Waals surface area (Å²) in [5, 5.41) is 20.4. The van der Waals surface area contributed by atoms with Crippen LogP contribution in [0, 0.1) is 0 Å². The highest BCUT2D eigenvalue weighted by atomic mass is 16.6. The van der Waals surface area contributed by atoms with Crippen molar-refractivity contribution in [3.63, 3.8) is 0 Å². The molecule has 0 radical (unpaired) electrons. The van der Waals surface area contributed by atoms with Gasteiger partial charge < -0.3 is 24.4 Å². The van der Waals surface area contributed by atoms with Crippen LogP contribution in [-0.4, -0.2) is 47.3 Å². The lowest BCUT2D eigenvalue weighted by Crippen LogP contribution is -2.40. The van der Waals surface area contributed by atoms with Crippen molar-refractivity contribution in [1.82, 2.24) is 0 Å². The summed E-state index contributed by atoms with van der Waals surface area (Å²) in [6.45, 7) is 4.27. The summed E-state index contributed by atoms with van der Waals surface area (Å²) < 4.78 is 17.6. The Bertz CT molecular complexity index is 690. The topological polar surface area (TPSA) is 68.2 Å². The Morgan fingerprint density at radius 1 is 1.00 bits per heavy atom. The van der Waals surface area contributed by atoms with Gasteiger partial charge in [0.15, 0.2) is 0 Å². The molecule has 1 aliphatic heterocycles. The number of ether oxygens (including phenoxy) is 3. The molecule has 0 bridgehead atoms. The van der Waals surface area contributed by atoms with E-state index >= 15 is 0 Å². The Balaban J connectivity index is 1.61. The second-order valence-electron chi connectivity index (χ2n) is 6.57. The van der Waals surface area contributed by atoms with E-state index in [1.54, 1.807) is 6.08 Å². The zero-order valence-corrected chi connectivity index (χ0v) is 15.2. The predicted octanol–water partition coefficient (Wildman–Crippen LogP) is 2.46. The molecule has 1 heterocycles. The van der Waals surface area contributed by atoms with Crippen molar-refractivity contribution < 1.29 is 24.4 Å². The van der Waals surface area contributed by atoms with Crippen molar-refractivity contribution >= 4 is 0 Å². The molecule has 0 saturated carbocycles. The van der Waals surface area contributed by atoms with Crippen LogP contribution >= 0.6 is 0 Å². The van der Waals surface area contributed by atoms with E-state index in [0.717, 1.165) is 11.1 Å². The van der Waals surface area contributed by atoms with Gasteiger partial charge in [-0.3, -0.25) is 0 Å². The van der Waals surface area contributed by atoms with E-state index in [9.17, 15) is 10.2 Å². The molecule has 3 rings (SSSR count). The largest absolute Gasteiger partial charge is 0.394 e. The monoisotopic (exact) mass is 370 g/mol. The molecule has 27 heavy (non-hydrogen) atoms. The van der Waals surface area contributed by atoms with Crippen LogP contribution in [0.3, 0.4) is 0 Å². The van der Waals surface area contributed by atoms with Crippen molar-refractivity contribution in [1.29, 1.82) is 0 Å². The zero-order chi connectivity index (χ0) is 19.1. The van der Waals surface area contributed by atoms with Crippen LogP contribution in [0.25, 0.3) is 0 Å². The molecule has 1 aliphatic rings. The lowest BCUT2D eigenvalue weighted by atomic mass is 10.0. The third-order valence-corrected chi connectivity index (χ3v) is 4.68. The minimum absolute atomic E-state index is 0.241. The van der Waals surface area contributed by atoms with E-state index in [-0.39, 0.29) is 6.61 Å². The standard InChI is InChI=1S/C22H26O5/c1-2-18(25-14-16-9-5-3-6-10-16)22-20(24)21(19(13-23)27-22)26-15-17-11-7-4-8-12-17/h2-12,18-24H,1,13-15H2/t18-,19+,20-,21-,22-/m0/s1. The van der Waals surface area contributed by atoms with Gasteiger partial charge in [-0.1, -0.05) is 66.7 Å². The van der Waals surface area contributed by atoms with E-state index in [0.29, 0.717) is 13.2 Å². The first-order valence-corrected chi connectivity index (χ1v) is 9.11. The van der Waals surface area contributed by atoms with E-state index in [2.05, 4.69) is 6.58 Å². The van der Waals surface area contributed by atoms with E-state index in [1.807, 2.05) is 60.7 Å². The van der Waals surface area contributed by atoms with Crippen molar-refractivity contribution in [2.75, 3.05) is 6.61 Å². The molecule has 0 aliphatic carbocycles. The summed E-state index contributed by atoms with van der Waals surface area (Å²) in [6.07, 6.45) is -1.72. The summed E-state index contributed by atoms with van der Waals surface area (Å²) in [7, 11) is 0. The Labute approximate surface area is 159 Å². The first kappa shape index (κ1) is 19.7. The van der Waals surface area contributed by atoms with Crippen LogP contribution in [0.5, 0.6) is 0 Å². The quantitative estimate of drug-likeness (QED) is 0.664. The molecular weight excluding hydrogens is 344 g/mol. The van der Waals surface area contributed by atoms with Crippen molar-refractivity contribution in [2.45, 2.75) is 43.7 Å². The molecule has 5 heteroatoms. The third-order valence-electron chi connectivity index (χ3n) is 4.68. The minimum Gasteiger partial charge on any atom is -0.394 e. The van der Waals surface area contributed by atoms with Gasteiger partial charge in [0, 0.05) is 0 Å². The Kier molecular flexibility index (Phi) is 7.15. The SMILES string of the molecule is C=C[C@H](OCc1ccccc1)[C@@H]1O[C@H](CO)[C@H](OCc2ccccc2)[C@@H]1O. The smallest absolute Gasteiger partial charge is 0.116 e. The molecular formula is C22H26O5. The normalized spacial score (nSPS) is 26.0. The molecule has 5 nitrogen and oxygen atoms in total. The highest BCUT2D eigenvalue weighted by Gasteiger charge is 2.47. The lowest BCUT2D eigenvalue weighted by Gasteiger charge is -2.24. The van der Waals surface area contributed by atoms with Gasteiger partial charge in [-0.2, -0.15) is 0 Å². The van der Waals surface area contributed by atoms with E-state index < -0.39 is 30.5 Å². The van der Waals surface area contributed by atoms with E-state index in [1.165, 1.54) is 0 Å². The minimum atomic E-state index is -0.926. The molecule has 0 aromatic heterocycles. The number of rotatable bonds is 9. The summed E-state index contributed by atoms with van der Waals surface area (Å²) in [5.41, 5.74) is 2.01. The highest BCUT2D eigenvalue weighted by molar-refractivity contribution is 5.15. The van der Waals surface area contributed by atoms with Crippen LogP contribution in [0.1, 0.15) is 11.1 Å². The number of aliphatic hydroxyl groups is 2. The van der Waals surface area contributed by atoms with Gasteiger partial charge in [-0.25, -0.2) is 0 Å². The van der Waals surface area contributed by atoms with Crippen molar-refractivity contribution in [2.24, 2.45) is 0 Å². The number of benzene rings is 2. The predicted molar refractivity (Wildman–Crippen MR) is 102 cm³/mol. The zero-order valence-electron chi connectivity index (χ0n) is 15.2. The van der Waals surface area contributed by atoms with Gasteiger partial charge in [-0.05, 0) is 11.1 Å². The summed E-state index contributed by atoms with van der Waals surface area (Å²) in [5.74, 6) is 0. The summed E-state index contributed by atoms with van der Waals surface area (Å²) in [6, 6.07) is 19.4. The molecule has 2 N–H and O–H groups in total. The van der Waals surface area contributed by atoms with Crippen LogP contribution in [0.15, 0.2) is 73.3 Å². The second kappa shape index (κ2) is 9.78. The Hall–Kier alpha value is -2.02. The van der Waals surface area contributed by atoms with Crippen LogP contribution in [-0.2, 0) is 27.4 Å². The van der Waals surface area contributed by atoms with Crippen molar-refractivity contribution in [3.05, 3.63) is 84.4 Å². The molecule has 5 atom stereocenters. The molecule has 2 aromatic rings. The number of hydrogen-bond donors (Lipinski definition) is 2. The van der Waals surface area contributed by atoms with Gasteiger partial charge in [0.05, 0.1) is 19.8 Å². The average molecular weight is 370 g/mol. The highest BCUT2D eigenvalue weighted by Crippen LogP contribution is 2.29. The Morgan fingerprint density at radius 2 is 1.59 bits per heavy atom. The van der Waals surface area contributed by atoms with Crippen LogP contribution in [0.4, 0.5) is 0 Å². The number of hydrogen-bond acceptors (Lipinski definition) is 5. The molecule has 0 amide bonds. The molecule has 0 unspecified atom stereocenters. The maximum absolute atomic E-state index is 10.7. The third kappa shape index (κ3) is 5.03. The number of aliphatic hydroxyl groups excluding tert-OH is 2. The molecule has 1 saturated heterocycles. The first-order chi connectivity index (χ1) is 13.2. The summed E-state index contributed by atoms with van der Waals surface area (Å²) in [4.78, 5) is 0. The molecule has 1 fully saturated rings. The summed E-state index contributed by atoms with van der Waals surface area (Å²) >= 11 is 0. The maximum atomic E-state index is 10.7. The van der Waals surface area contributed by atoms with E-state index in [4.69, 9.17) is 14.2 Å². The Morgan fingerprint density at radius 3 is 2.15 bits per heavy atom. The van der Waals surface area contributed by atoms with Gasteiger partial charge in [0.2, 0.25) is 0 Å². The molecule has 144 valence electrons. The molecule has 2 aromatic carbocycles. The lowest BCUT2D eigenvalue weighted by molar-refractivity contribution is -0.0875. The van der Waals surface area contributed by atoms with Gasteiger partial charge >= 0.3 is 0 Å². The fourth-order valence-corrected chi connectivity index (χ4v) is 3.22. The van der Waals surface area contributed by atoms with Crippen LogP contribution in [0.2, 0.25) is 0 Å². The first-order valence-electron chi connectivity index (χ1n) is 9.11. The van der Waals surface area contributed by atoms with Crippen molar-refractivity contribution in [3.8, 4) is 0 Å². The van der Waals surface area contributed by atoms with Gasteiger partial charge in [0.1, 0.15) is 30.5 Å². The fraction of sp³-hybridized carbons (Fsp3) is 0.364. The molecule has 0 spiro atoms. The maximum Gasteiger partial charge on any atom is 0.116 e.